The number of aromatic nitrogens is 2. The summed E-state index contributed by atoms with van der Waals surface area (Å²) >= 11 is 0. The lowest BCUT2D eigenvalue weighted by Crippen LogP contribution is -2.30. The number of benzene rings is 1. The van der Waals surface area contributed by atoms with E-state index in [9.17, 15) is 0 Å². The molecule has 0 radical (unpaired) electrons. The van der Waals surface area contributed by atoms with E-state index in [1.807, 2.05) is 13.8 Å². The minimum Gasteiger partial charge on any atom is -0.321 e. The van der Waals surface area contributed by atoms with Gasteiger partial charge < -0.3 is 9.80 Å². The van der Waals surface area contributed by atoms with Crippen molar-refractivity contribution in [2.75, 3.05) is 32.1 Å². The summed E-state index contributed by atoms with van der Waals surface area (Å²) in [6.45, 7) is 8.15. The lowest BCUT2D eigenvalue weighted by molar-refractivity contribution is 0.400. The first-order valence-electron chi connectivity index (χ1n) is 10.1. The summed E-state index contributed by atoms with van der Waals surface area (Å²) in [7, 11) is 7.87. The molecule has 0 saturated carbocycles. The second kappa shape index (κ2) is 9.57. The molecule has 1 atom stereocenters. The van der Waals surface area contributed by atoms with Crippen molar-refractivity contribution in [3.63, 3.8) is 0 Å². The Balaban J connectivity index is 1.86. The Hall–Kier alpha value is -2.14. The third kappa shape index (κ3) is 5.08. The van der Waals surface area contributed by atoms with Crippen molar-refractivity contribution < 1.29 is 0 Å². The van der Waals surface area contributed by atoms with Gasteiger partial charge in [-0.2, -0.15) is 0 Å². The first kappa shape index (κ1) is 21.6. The monoisotopic (exact) mass is 410 g/mol. The smallest absolute Gasteiger partial charge is 0.162 e. The van der Waals surface area contributed by atoms with E-state index in [0.717, 1.165) is 54.3 Å². The molecule has 7 heteroatoms. The number of hydrogen-bond donors (Lipinski definition) is 1. The molecule has 1 aromatic heterocycles. The molecule has 154 valence electrons. The second-order valence-corrected chi connectivity index (χ2v) is 8.34. The molecule has 6 nitrogen and oxygen atoms in total. The largest absolute Gasteiger partial charge is 0.321 e. The molecule has 0 fully saturated rings. The highest BCUT2D eigenvalue weighted by Crippen LogP contribution is 2.41. The maximum absolute atomic E-state index is 4.92. The molecule has 2 aromatic rings. The average Bonchev–Trinajstić information content (AvgIpc) is 3.02. The van der Waals surface area contributed by atoms with Crippen LogP contribution in [0.4, 0.5) is 17.2 Å². The highest BCUT2D eigenvalue weighted by molar-refractivity contribution is 7.25. The predicted octanol–water partition coefficient (Wildman–Crippen LogP) is 3.77. The SMILES string of the molecule is C/C(=N\c1c(C)ncnc1N1c2ccccc2CC1C)C(=P)NCCCN(C)C. The molecule has 1 unspecified atom stereocenters. The average molecular weight is 411 g/mol. The summed E-state index contributed by atoms with van der Waals surface area (Å²) in [6, 6.07) is 8.85. The van der Waals surface area contributed by atoms with Crippen LogP contribution in [0, 0.1) is 6.92 Å². The molecule has 1 aromatic carbocycles. The number of rotatable bonds is 8. The molecule has 29 heavy (non-hydrogen) atoms. The fourth-order valence-corrected chi connectivity index (χ4v) is 3.79. The molecule has 1 aliphatic rings. The van der Waals surface area contributed by atoms with Gasteiger partial charge in [0.2, 0.25) is 0 Å². The summed E-state index contributed by atoms with van der Waals surface area (Å²) < 4.78 is 0. The van der Waals surface area contributed by atoms with E-state index < -0.39 is 0 Å². The molecule has 0 bridgehead atoms. The van der Waals surface area contributed by atoms with Crippen molar-refractivity contribution >= 4 is 37.2 Å². The Kier molecular flexibility index (Phi) is 7.12. The summed E-state index contributed by atoms with van der Waals surface area (Å²) in [6.07, 6.45) is 3.70. The van der Waals surface area contributed by atoms with Gasteiger partial charge in [0.1, 0.15) is 12.0 Å². The molecule has 1 aliphatic heterocycles. The Bertz CT molecular complexity index is 908. The number of nitrogens with one attached hydrogen (secondary N) is 1. The van der Waals surface area contributed by atoms with Gasteiger partial charge in [-0.05, 0) is 65.9 Å². The fourth-order valence-electron chi connectivity index (χ4n) is 3.61. The van der Waals surface area contributed by atoms with Crippen LogP contribution in [0.3, 0.4) is 0 Å². The van der Waals surface area contributed by atoms with E-state index in [-0.39, 0.29) is 0 Å². The predicted molar refractivity (Wildman–Crippen MR) is 126 cm³/mol. The van der Waals surface area contributed by atoms with Crippen molar-refractivity contribution in [2.24, 2.45) is 4.99 Å². The third-order valence-corrected chi connectivity index (χ3v) is 5.69. The van der Waals surface area contributed by atoms with Crippen LogP contribution in [0.1, 0.15) is 31.5 Å². The highest BCUT2D eigenvalue weighted by Gasteiger charge is 2.30. The summed E-state index contributed by atoms with van der Waals surface area (Å²) in [5, 5.41) is 3.41. The van der Waals surface area contributed by atoms with Gasteiger partial charge in [0.15, 0.2) is 5.82 Å². The van der Waals surface area contributed by atoms with Crippen molar-refractivity contribution in [1.82, 2.24) is 20.2 Å². The maximum atomic E-state index is 4.92. The van der Waals surface area contributed by atoms with E-state index in [0.29, 0.717) is 6.04 Å². The van der Waals surface area contributed by atoms with Crippen LogP contribution in [0.25, 0.3) is 0 Å². The van der Waals surface area contributed by atoms with Crippen LogP contribution < -0.4 is 10.2 Å². The Morgan fingerprint density at radius 3 is 2.83 bits per heavy atom. The van der Waals surface area contributed by atoms with E-state index in [1.54, 1.807) is 6.33 Å². The van der Waals surface area contributed by atoms with Crippen LogP contribution in [0.2, 0.25) is 0 Å². The lowest BCUT2D eigenvalue weighted by Gasteiger charge is -2.25. The van der Waals surface area contributed by atoms with Crippen molar-refractivity contribution in [3.05, 3.63) is 41.9 Å². The first-order chi connectivity index (χ1) is 13.9. The minimum absolute atomic E-state index is 0.326. The summed E-state index contributed by atoms with van der Waals surface area (Å²) in [4.78, 5) is 18.4. The van der Waals surface area contributed by atoms with Crippen molar-refractivity contribution in [2.45, 2.75) is 39.7 Å². The Morgan fingerprint density at radius 1 is 1.31 bits per heavy atom. The molecule has 0 amide bonds. The van der Waals surface area contributed by atoms with Gasteiger partial charge in [-0.1, -0.05) is 27.1 Å². The second-order valence-electron chi connectivity index (χ2n) is 7.84. The van der Waals surface area contributed by atoms with Gasteiger partial charge in [0.05, 0.1) is 16.8 Å². The highest BCUT2D eigenvalue weighted by atomic mass is 31.0. The van der Waals surface area contributed by atoms with E-state index in [1.165, 1.54) is 11.3 Å². The topological polar surface area (TPSA) is 56.7 Å². The third-order valence-electron chi connectivity index (χ3n) is 5.15. The Morgan fingerprint density at radius 2 is 2.07 bits per heavy atom. The van der Waals surface area contributed by atoms with Gasteiger partial charge >= 0.3 is 0 Å². The number of nitrogens with zero attached hydrogens (tertiary/aromatic N) is 5. The summed E-state index contributed by atoms with van der Waals surface area (Å²) in [5.41, 5.74) is 6.02. The van der Waals surface area contributed by atoms with Gasteiger partial charge in [0.25, 0.3) is 0 Å². The van der Waals surface area contributed by atoms with Crippen LogP contribution in [0.5, 0.6) is 0 Å². The maximum Gasteiger partial charge on any atom is 0.162 e. The Labute approximate surface area is 176 Å². The van der Waals surface area contributed by atoms with Crippen molar-refractivity contribution in [3.8, 4) is 0 Å². The molecular weight excluding hydrogens is 379 g/mol. The van der Waals surface area contributed by atoms with Gasteiger partial charge in [-0.3, -0.25) is 5.32 Å². The van der Waals surface area contributed by atoms with Crippen LogP contribution in [-0.2, 0) is 6.42 Å². The number of hydrogen-bond acceptors (Lipinski definition) is 5. The minimum atomic E-state index is 0.326. The number of aliphatic imine (C=N–C) groups is 1. The van der Waals surface area contributed by atoms with Crippen LogP contribution >= 0.6 is 8.86 Å². The van der Waals surface area contributed by atoms with Crippen LogP contribution in [-0.4, -0.2) is 59.2 Å². The molecule has 3 rings (SSSR count). The fraction of sp³-hybridized carbons (Fsp3) is 0.455. The molecule has 0 spiro atoms. The quantitative estimate of drug-likeness (QED) is 0.408. The van der Waals surface area contributed by atoms with Crippen LogP contribution in [0.15, 0.2) is 35.6 Å². The molecule has 1 N–H and O–H groups in total. The number of anilines is 2. The number of fused-ring (bicyclic) bond motifs is 1. The zero-order valence-corrected chi connectivity index (χ0v) is 19.0. The van der Waals surface area contributed by atoms with Gasteiger partial charge in [-0.25, -0.2) is 15.0 Å². The number of para-hydroxylation sites is 1. The summed E-state index contributed by atoms with van der Waals surface area (Å²) in [5.74, 6) is 0.862. The van der Waals surface area contributed by atoms with E-state index in [2.05, 4.69) is 79.2 Å². The normalized spacial score (nSPS) is 16.4. The first-order valence-corrected chi connectivity index (χ1v) is 10.6. The molecule has 2 heterocycles. The molecule has 0 aliphatic carbocycles. The standard InChI is InChI=1S/C22H31N6P/c1-15-13-18-9-6-7-10-19(18)28(15)21-20(16(2)24-14-25-21)26-17(3)22(29)23-11-8-12-27(4)5/h6-7,9-10,14-15,23,29H,8,11-13H2,1-5H3/b26-17+. The molecular formula is C22H31N6P. The zero-order chi connectivity index (χ0) is 21.0. The van der Waals surface area contributed by atoms with Gasteiger partial charge in [-0.15, -0.1) is 0 Å². The zero-order valence-electron chi connectivity index (χ0n) is 18.0. The lowest BCUT2D eigenvalue weighted by atomic mass is 10.1. The number of aryl methyl sites for hydroxylation is 1. The van der Waals surface area contributed by atoms with Crippen molar-refractivity contribution in [1.29, 1.82) is 0 Å². The van der Waals surface area contributed by atoms with Gasteiger partial charge in [0, 0.05) is 18.3 Å². The van der Waals surface area contributed by atoms with E-state index >= 15 is 0 Å². The van der Waals surface area contributed by atoms with E-state index in [4.69, 9.17) is 4.99 Å². The molecule has 0 saturated heterocycles.